The second-order valence-electron chi connectivity index (χ2n) is 5.94. The van der Waals surface area contributed by atoms with Gasteiger partial charge in [0.05, 0.1) is 0 Å². The van der Waals surface area contributed by atoms with Gasteiger partial charge >= 0.3 is 0 Å². The number of piperidine rings is 1. The molecule has 0 aliphatic carbocycles. The van der Waals surface area contributed by atoms with Gasteiger partial charge in [-0.2, -0.15) is 5.10 Å². The number of aryl methyl sites for hydroxylation is 1. The number of carbonyl (C=O) groups is 1. The molecular weight excluding hydrogens is 296 g/mol. The summed E-state index contributed by atoms with van der Waals surface area (Å²) in [6.07, 6.45) is 1.96. The topological polar surface area (TPSA) is 80.3 Å². The average Bonchev–Trinajstić information content (AvgIpc) is 3.22. The average molecular weight is 314 g/mol. The van der Waals surface area contributed by atoms with Crippen molar-refractivity contribution in [2.45, 2.75) is 25.7 Å². The maximum absolute atomic E-state index is 12.8. The Labute approximate surface area is 133 Å². The fourth-order valence-electron chi connectivity index (χ4n) is 3.13. The number of nitrogens with zero attached hydrogens (tertiary/aromatic N) is 3. The molecule has 1 amide bonds. The molecular formula is C16H18N4O3. The Bertz CT molecular complexity index is 743. The highest BCUT2D eigenvalue weighted by Gasteiger charge is 2.28. The summed E-state index contributed by atoms with van der Waals surface area (Å²) in [6, 6.07) is 5.33. The van der Waals surface area contributed by atoms with Gasteiger partial charge in [0.1, 0.15) is 5.82 Å². The fourth-order valence-corrected chi connectivity index (χ4v) is 3.13. The fraction of sp³-hybridized carbons (Fsp3) is 0.438. The molecule has 0 radical (unpaired) electrons. The van der Waals surface area contributed by atoms with E-state index >= 15 is 0 Å². The highest BCUT2D eigenvalue weighted by Crippen LogP contribution is 2.33. The first-order valence-electron chi connectivity index (χ1n) is 7.78. The summed E-state index contributed by atoms with van der Waals surface area (Å²) in [6.45, 7) is 3.50. The van der Waals surface area contributed by atoms with Gasteiger partial charge in [-0.15, -0.1) is 0 Å². The smallest absolute Gasteiger partial charge is 0.254 e. The lowest BCUT2D eigenvalue weighted by atomic mass is 9.96. The van der Waals surface area contributed by atoms with Crippen molar-refractivity contribution in [2.24, 2.45) is 0 Å². The van der Waals surface area contributed by atoms with E-state index in [2.05, 4.69) is 15.2 Å². The van der Waals surface area contributed by atoms with Crippen LogP contribution in [0.4, 0.5) is 0 Å². The third kappa shape index (κ3) is 2.62. The first-order chi connectivity index (χ1) is 11.2. The Morgan fingerprint density at radius 1 is 1.35 bits per heavy atom. The van der Waals surface area contributed by atoms with Crippen LogP contribution in [0.5, 0.6) is 11.5 Å². The van der Waals surface area contributed by atoms with Crippen LogP contribution in [-0.4, -0.2) is 45.9 Å². The first kappa shape index (κ1) is 14.0. The summed E-state index contributed by atoms with van der Waals surface area (Å²) in [5.41, 5.74) is 0.626. The number of H-pyrrole nitrogens is 1. The van der Waals surface area contributed by atoms with E-state index in [0.29, 0.717) is 23.6 Å². The van der Waals surface area contributed by atoms with Crippen LogP contribution in [-0.2, 0) is 0 Å². The molecule has 1 saturated heterocycles. The molecule has 0 spiro atoms. The van der Waals surface area contributed by atoms with Crippen molar-refractivity contribution in [3.05, 3.63) is 35.4 Å². The third-order valence-corrected chi connectivity index (χ3v) is 4.31. The number of benzene rings is 1. The molecule has 2 aromatic rings. The molecule has 23 heavy (non-hydrogen) atoms. The molecule has 4 rings (SSSR count). The van der Waals surface area contributed by atoms with Crippen LogP contribution in [0.25, 0.3) is 0 Å². The van der Waals surface area contributed by atoms with Gasteiger partial charge in [-0.25, -0.2) is 4.98 Å². The Kier molecular flexibility index (Phi) is 3.40. The molecule has 1 fully saturated rings. The largest absolute Gasteiger partial charge is 0.454 e. The van der Waals surface area contributed by atoms with Gasteiger partial charge in [-0.3, -0.25) is 9.89 Å². The van der Waals surface area contributed by atoms with Crippen molar-refractivity contribution in [3.63, 3.8) is 0 Å². The Balaban J connectivity index is 1.51. The van der Waals surface area contributed by atoms with Gasteiger partial charge in [0.25, 0.3) is 5.91 Å². The van der Waals surface area contributed by atoms with Crippen LogP contribution >= 0.6 is 0 Å². The number of aromatic nitrogens is 3. The van der Waals surface area contributed by atoms with E-state index < -0.39 is 0 Å². The van der Waals surface area contributed by atoms with E-state index in [0.717, 1.165) is 31.0 Å². The van der Waals surface area contributed by atoms with Crippen LogP contribution in [0.3, 0.4) is 0 Å². The van der Waals surface area contributed by atoms with Crippen molar-refractivity contribution >= 4 is 5.91 Å². The molecule has 1 aromatic carbocycles. The number of likely N-dealkylation sites (tertiary alicyclic amines) is 1. The number of ether oxygens (including phenoxy) is 2. The zero-order valence-electron chi connectivity index (χ0n) is 12.9. The Morgan fingerprint density at radius 2 is 2.22 bits per heavy atom. The monoisotopic (exact) mass is 314 g/mol. The van der Waals surface area contributed by atoms with Gasteiger partial charge in [-0.05, 0) is 38.0 Å². The van der Waals surface area contributed by atoms with Gasteiger partial charge in [0.15, 0.2) is 17.3 Å². The van der Waals surface area contributed by atoms with Crippen molar-refractivity contribution < 1.29 is 14.3 Å². The normalized spacial score (nSPS) is 19.9. The number of hydrogen-bond acceptors (Lipinski definition) is 5. The van der Waals surface area contributed by atoms with E-state index in [9.17, 15) is 4.79 Å². The number of rotatable bonds is 2. The van der Waals surface area contributed by atoms with E-state index in [1.165, 1.54) is 0 Å². The van der Waals surface area contributed by atoms with Crippen molar-refractivity contribution in [2.75, 3.05) is 19.9 Å². The standard InChI is InChI=1S/C16H18N4O3/c1-10-17-15(19-18-10)12-3-2-6-20(8-12)16(21)11-4-5-13-14(7-11)23-9-22-13/h4-5,7,12H,2-3,6,8-9H2,1H3,(H,17,18,19). The molecule has 0 bridgehead atoms. The minimum absolute atomic E-state index is 0.0141. The predicted molar refractivity (Wildman–Crippen MR) is 81.6 cm³/mol. The lowest BCUT2D eigenvalue weighted by Crippen LogP contribution is -2.39. The quantitative estimate of drug-likeness (QED) is 0.915. The lowest BCUT2D eigenvalue weighted by Gasteiger charge is -2.31. The second-order valence-corrected chi connectivity index (χ2v) is 5.94. The van der Waals surface area contributed by atoms with Crippen LogP contribution < -0.4 is 9.47 Å². The highest BCUT2D eigenvalue weighted by atomic mass is 16.7. The number of fused-ring (bicyclic) bond motifs is 1. The summed E-state index contributed by atoms with van der Waals surface area (Å²) < 4.78 is 10.6. The van der Waals surface area contributed by atoms with Crippen LogP contribution in [0.1, 0.15) is 40.8 Å². The van der Waals surface area contributed by atoms with E-state index in [1.807, 2.05) is 11.8 Å². The number of hydrogen-bond donors (Lipinski definition) is 1. The minimum Gasteiger partial charge on any atom is -0.454 e. The van der Waals surface area contributed by atoms with Crippen molar-refractivity contribution in [1.82, 2.24) is 20.1 Å². The van der Waals surface area contributed by atoms with Crippen molar-refractivity contribution in [1.29, 1.82) is 0 Å². The Morgan fingerprint density at radius 3 is 3.04 bits per heavy atom. The Hall–Kier alpha value is -2.57. The maximum Gasteiger partial charge on any atom is 0.254 e. The van der Waals surface area contributed by atoms with Crippen LogP contribution in [0, 0.1) is 6.92 Å². The van der Waals surface area contributed by atoms with E-state index in [-0.39, 0.29) is 18.6 Å². The number of nitrogens with one attached hydrogen (secondary N) is 1. The van der Waals surface area contributed by atoms with Gasteiger partial charge in [-0.1, -0.05) is 0 Å². The molecule has 1 aromatic heterocycles. The zero-order chi connectivity index (χ0) is 15.8. The summed E-state index contributed by atoms with van der Waals surface area (Å²) >= 11 is 0. The third-order valence-electron chi connectivity index (χ3n) is 4.31. The number of carbonyl (C=O) groups excluding carboxylic acids is 1. The molecule has 2 aliphatic heterocycles. The molecule has 1 N–H and O–H groups in total. The van der Waals surface area contributed by atoms with E-state index in [4.69, 9.17) is 9.47 Å². The first-order valence-corrected chi connectivity index (χ1v) is 7.78. The van der Waals surface area contributed by atoms with Gasteiger partial charge in [0.2, 0.25) is 6.79 Å². The molecule has 7 heteroatoms. The molecule has 3 heterocycles. The molecule has 120 valence electrons. The molecule has 1 unspecified atom stereocenters. The zero-order valence-corrected chi connectivity index (χ0v) is 12.9. The summed E-state index contributed by atoms with van der Waals surface area (Å²) in [5, 5.41) is 7.12. The van der Waals surface area contributed by atoms with E-state index in [1.54, 1.807) is 18.2 Å². The van der Waals surface area contributed by atoms with Crippen LogP contribution in [0.15, 0.2) is 18.2 Å². The van der Waals surface area contributed by atoms with Gasteiger partial charge in [0, 0.05) is 24.6 Å². The van der Waals surface area contributed by atoms with Gasteiger partial charge < -0.3 is 14.4 Å². The SMILES string of the molecule is Cc1nc(C2CCCN(C(=O)c3ccc4c(c3)OCO4)C2)n[nH]1. The summed E-state index contributed by atoms with van der Waals surface area (Å²) in [5.74, 6) is 3.13. The molecule has 7 nitrogen and oxygen atoms in total. The number of amides is 1. The second kappa shape index (κ2) is 5.57. The van der Waals surface area contributed by atoms with Crippen LogP contribution in [0.2, 0.25) is 0 Å². The molecule has 1 atom stereocenters. The lowest BCUT2D eigenvalue weighted by molar-refractivity contribution is 0.0704. The minimum atomic E-state index is 0.0141. The summed E-state index contributed by atoms with van der Waals surface area (Å²) in [4.78, 5) is 19.0. The summed E-state index contributed by atoms with van der Waals surface area (Å²) in [7, 11) is 0. The predicted octanol–water partition coefficient (Wildman–Crippen LogP) is 1.86. The highest BCUT2D eigenvalue weighted by molar-refractivity contribution is 5.95. The van der Waals surface area contributed by atoms with Crippen molar-refractivity contribution in [3.8, 4) is 11.5 Å². The molecule has 2 aliphatic rings. The number of aromatic amines is 1. The maximum atomic E-state index is 12.8. The molecule has 0 saturated carbocycles.